The van der Waals surface area contributed by atoms with Gasteiger partial charge in [0.05, 0.1) is 27.3 Å². The smallest absolute Gasteiger partial charge is 0.323 e. The number of anilines is 3. The van der Waals surface area contributed by atoms with Gasteiger partial charge in [-0.3, -0.25) is 4.79 Å². The minimum absolute atomic E-state index is 0.164. The Kier molecular flexibility index (Phi) is 8.16. The molecule has 0 spiro atoms. The number of amides is 3. The summed E-state index contributed by atoms with van der Waals surface area (Å²) in [5, 5.41) is 9.21. The second kappa shape index (κ2) is 11.5. The Morgan fingerprint density at radius 1 is 0.886 bits per heavy atom. The van der Waals surface area contributed by atoms with Crippen LogP contribution in [0.4, 0.5) is 21.9 Å². The number of nitrogens with zero attached hydrogens (tertiary/aromatic N) is 1. The topological polar surface area (TPSA) is 73.5 Å². The molecule has 3 aromatic carbocycles. The Hall–Kier alpha value is -3.22. The summed E-state index contributed by atoms with van der Waals surface area (Å²) in [6.07, 6.45) is 3.36. The standard InChI is InChI=1S/C27H28Cl2N4O2/c1-18(19-9-4-2-5-10-19)30-26(34)21-17-20(13-14-24(21)33-15-6-3-7-16-33)31-27(35)32-23-12-8-11-22(28)25(23)29/h2,4-5,8-14,17-18H,3,6-7,15-16H2,1H3,(H,30,34)(H2,31,32,35). The number of nitrogens with one attached hydrogen (secondary N) is 3. The molecule has 1 atom stereocenters. The van der Waals surface area contributed by atoms with Crippen molar-refractivity contribution in [3.05, 3.63) is 87.9 Å². The first-order valence-electron chi connectivity index (χ1n) is 11.7. The van der Waals surface area contributed by atoms with Crippen LogP contribution < -0.4 is 20.9 Å². The predicted octanol–water partition coefficient (Wildman–Crippen LogP) is 7.12. The molecule has 6 nitrogen and oxygen atoms in total. The highest BCUT2D eigenvalue weighted by Crippen LogP contribution is 2.31. The van der Waals surface area contributed by atoms with Gasteiger partial charge >= 0.3 is 6.03 Å². The van der Waals surface area contributed by atoms with Crippen LogP contribution in [0.25, 0.3) is 0 Å². The highest BCUT2D eigenvalue weighted by atomic mass is 35.5. The van der Waals surface area contributed by atoms with Crippen molar-refractivity contribution in [1.82, 2.24) is 5.32 Å². The van der Waals surface area contributed by atoms with Gasteiger partial charge in [0.15, 0.2) is 0 Å². The largest absolute Gasteiger partial charge is 0.371 e. The van der Waals surface area contributed by atoms with Crippen LogP contribution in [0.5, 0.6) is 0 Å². The number of piperidine rings is 1. The van der Waals surface area contributed by atoms with Crippen LogP contribution in [0.2, 0.25) is 10.0 Å². The molecule has 0 aromatic heterocycles. The van der Waals surface area contributed by atoms with Crippen LogP contribution in [-0.2, 0) is 0 Å². The summed E-state index contributed by atoms with van der Waals surface area (Å²) in [6.45, 7) is 3.75. The van der Waals surface area contributed by atoms with Gasteiger partial charge in [0.2, 0.25) is 0 Å². The quantitative estimate of drug-likeness (QED) is 0.330. The predicted molar refractivity (Wildman–Crippen MR) is 144 cm³/mol. The van der Waals surface area contributed by atoms with E-state index in [4.69, 9.17) is 23.2 Å². The fourth-order valence-electron chi connectivity index (χ4n) is 4.19. The van der Waals surface area contributed by atoms with Gasteiger partial charge in [-0.15, -0.1) is 0 Å². The van der Waals surface area contributed by atoms with Gasteiger partial charge in [-0.25, -0.2) is 4.79 Å². The summed E-state index contributed by atoms with van der Waals surface area (Å²) in [4.78, 5) is 28.3. The minimum Gasteiger partial charge on any atom is -0.371 e. The Morgan fingerprint density at radius 2 is 1.63 bits per heavy atom. The van der Waals surface area contributed by atoms with Gasteiger partial charge in [0, 0.05) is 24.5 Å². The molecule has 4 rings (SSSR count). The molecule has 1 aliphatic heterocycles. The maximum absolute atomic E-state index is 13.4. The van der Waals surface area contributed by atoms with E-state index in [-0.39, 0.29) is 17.0 Å². The maximum Gasteiger partial charge on any atom is 0.323 e. The van der Waals surface area contributed by atoms with Crippen molar-refractivity contribution in [3.8, 4) is 0 Å². The molecule has 3 amide bonds. The van der Waals surface area contributed by atoms with E-state index in [1.165, 1.54) is 6.42 Å². The van der Waals surface area contributed by atoms with Crippen LogP contribution >= 0.6 is 23.2 Å². The van der Waals surface area contributed by atoms with Crippen LogP contribution in [0, 0.1) is 0 Å². The first-order valence-corrected chi connectivity index (χ1v) is 12.4. The lowest BCUT2D eigenvalue weighted by Crippen LogP contribution is -2.33. The van der Waals surface area contributed by atoms with E-state index in [0.717, 1.165) is 37.2 Å². The Balaban J connectivity index is 1.56. The van der Waals surface area contributed by atoms with Crippen LogP contribution in [0.1, 0.15) is 48.1 Å². The molecule has 3 aromatic rings. The summed E-state index contributed by atoms with van der Waals surface area (Å²) in [5.74, 6) is -0.191. The van der Waals surface area contributed by atoms with Crippen molar-refractivity contribution < 1.29 is 9.59 Å². The molecule has 3 N–H and O–H groups in total. The zero-order valence-electron chi connectivity index (χ0n) is 19.5. The third-order valence-electron chi connectivity index (χ3n) is 6.04. The van der Waals surface area contributed by atoms with E-state index in [1.54, 1.807) is 30.3 Å². The third kappa shape index (κ3) is 6.27. The minimum atomic E-state index is -0.482. The first kappa shape index (κ1) is 24.9. The monoisotopic (exact) mass is 510 g/mol. The fourth-order valence-corrected chi connectivity index (χ4v) is 4.54. The van der Waals surface area contributed by atoms with Gasteiger partial charge in [0.25, 0.3) is 5.91 Å². The average molecular weight is 511 g/mol. The lowest BCUT2D eigenvalue weighted by molar-refractivity contribution is 0.0940. The lowest BCUT2D eigenvalue weighted by Gasteiger charge is -2.31. The molecular formula is C27H28Cl2N4O2. The molecule has 0 saturated carbocycles. The number of carbonyl (C=O) groups is 2. The highest BCUT2D eigenvalue weighted by Gasteiger charge is 2.21. The summed E-state index contributed by atoms with van der Waals surface area (Å²) >= 11 is 12.2. The molecule has 8 heteroatoms. The normalized spacial score (nSPS) is 14.2. The van der Waals surface area contributed by atoms with E-state index < -0.39 is 6.03 Å². The Morgan fingerprint density at radius 3 is 2.37 bits per heavy atom. The molecule has 1 heterocycles. The molecule has 0 aliphatic carbocycles. The number of carbonyl (C=O) groups excluding carboxylic acids is 2. The fraction of sp³-hybridized carbons (Fsp3) is 0.259. The lowest BCUT2D eigenvalue weighted by atomic mass is 10.0. The van der Waals surface area contributed by atoms with Gasteiger partial charge in [0.1, 0.15) is 0 Å². The summed E-state index contributed by atoms with van der Waals surface area (Å²) in [5.41, 5.74) is 3.31. The third-order valence-corrected chi connectivity index (χ3v) is 6.86. The van der Waals surface area contributed by atoms with Gasteiger partial charge in [-0.05, 0) is 62.1 Å². The van der Waals surface area contributed by atoms with Gasteiger partial charge in [-0.2, -0.15) is 0 Å². The SMILES string of the molecule is CC(NC(=O)c1cc(NC(=O)Nc2cccc(Cl)c2Cl)ccc1N1CCCCC1)c1ccccc1. The van der Waals surface area contributed by atoms with Crippen molar-refractivity contribution >= 4 is 52.2 Å². The Bertz CT molecular complexity index is 1200. The average Bonchev–Trinajstić information content (AvgIpc) is 2.87. The zero-order valence-corrected chi connectivity index (χ0v) is 21.0. The van der Waals surface area contributed by atoms with Gasteiger partial charge in [-0.1, -0.05) is 59.6 Å². The van der Waals surface area contributed by atoms with Crippen molar-refractivity contribution in [3.63, 3.8) is 0 Å². The van der Waals surface area contributed by atoms with Crippen molar-refractivity contribution in [2.24, 2.45) is 0 Å². The van der Waals surface area contributed by atoms with E-state index in [9.17, 15) is 9.59 Å². The first-order chi connectivity index (χ1) is 16.9. The number of halogens is 2. The highest BCUT2D eigenvalue weighted by molar-refractivity contribution is 6.44. The van der Waals surface area contributed by atoms with Crippen LogP contribution in [-0.4, -0.2) is 25.0 Å². The summed E-state index contributed by atoms with van der Waals surface area (Å²) < 4.78 is 0. The van der Waals surface area contributed by atoms with Crippen LogP contribution in [0.15, 0.2) is 66.7 Å². The molecule has 1 aliphatic rings. The van der Waals surface area contributed by atoms with Crippen molar-refractivity contribution in [1.29, 1.82) is 0 Å². The second-order valence-electron chi connectivity index (χ2n) is 8.57. The van der Waals surface area contributed by atoms with Gasteiger partial charge < -0.3 is 20.9 Å². The van der Waals surface area contributed by atoms with Crippen LogP contribution in [0.3, 0.4) is 0 Å². The molecular weight excluding hydrogens is 483 g/mol. The molecule has 0 radical (unpaired) electrons. The maximum atomic E-state index is 13.4. The van der Waals surface area contributed by atoms with E-state index in [2.05, 4.69) is 20.9 Å². The Labute approximate surface area is 215 Å². The molecule has 0 bridgehead atoms. The summed E-state index contributed by atoms with van der Waals surface area (Å²) in [6, 6.07) is 19.6. The van der Waals surface area contributed by atoms with Crippen molar-refractivity contribution in [2.75, 3.05) is 28.6 Å². The van der Waals surface area contributed by atoms with E-state index >= 15 is 0 Å². The number of urea groups is 1. The number of benzene rings is 3. The second-order valence-corrected chi connectivity index (χ2v) is 9.35. The van der Waals surface area contributed by atoms with Crippen molar-refractivity contribution in [2.45, 2.75) is 32.2 Å². The number of rotatable bonds is 6. The number of hydrogen-bond acceptors (Lipinski definition) is 3. The molecule has 1 saturated heterocycles. The van der Waals surface area contributed by atoms with E-state index in [1.807, 2.05) is 43.3 Å². The zero-order chi connectivity index (χ0) is 24.8. The molecule has 1 unspecified atom stereocenters. The molecule has 35 heavy (non-hydrogen) atoms. The molecule has 1 fully saturated rings. The summed E-state index contributed by atoms with van der Waals surface area (Å²) in [7, 11) is 0. The molecule has 182 valence electrons. The number of hydrogen-bond donors (Lipinski definition) is 3. The van der Waals surface area contributed by atoms with E-state index in [0.29, 0.717) is 22.0 Å².